The maximum atomic E-state index is 12.0. The molecular formula is C17H30N2O. The maximum absolute atomic E-state index is 12.0. The predicted octanol–water partition coefficient (Wildman–Crippen LogP) is 5.06. The van der Waals surface area contributed by atoms with Crippen molar-refractivity contribution in [1.82, 2.24) is 9.78 Å². The molecule has 0 saturated carbocycles. The second kappa shape index (κ2) is 9.73. The number of aromatic nitrogens is 2. The molecule has 0 unspecified atom stereocenters. The summed E-state index contributed by atoms with van der Waals surface area (Å²) in [7, 11) is 0. The number of carbonyl (C=O) groups is 1. The summed E-state index contributed by atoms with van der Waals surface area (Å²) >= 11 is 0. The van der Waals surface area contributed by atoms with Gasteiger partial charge in [-0.2, -0.15) is 5.10 Å². The molecule has 0 fully saturated rings. The molecular weight excluding hydrogens is 248 g/mol. The molecule has 0 aliphatic rings. The third-order valence-corrected chi connectivity index (χ3v) is 3.74. The quantitative estimate of drug-likeness (QED) is 0.561. The third-order valence-electron chi connectivity index (χ3n) is 3.74. The summed E-state index contributed by atoms with van der Waals surface area (Å²) in [6.45, 7) is 6.11. The molecule has 3 heteroatoms. The first kappa shape index (κ1) is 16.9. The van der Waals surface area contributed by atoms with Gasteiger partial charge in [0.05, 0.1) is 5.69 Å². The highest BCUT2D eigenvalue weighted by Gasteiger charge is 2.09. The van der Waals surface area contributed by atoms with Crippen molar-refractivity contribution in [3.63, 3.8) is 0 Å². The average Bonchev–Trinajstić information content (AvgIpc) is 2.75. The van der Waals surface area contributed by atoms with Crippen molar-refractivity contribution >= 4 is 5.91 Å². The monoisotopic (exact) mass is 278 g/mol. The molecule has 0 bridgehead atoms. The summed E-state index contributed by atoms with van der Waals surface area (Å²) in [5.41, 5.74) is 1.87. The molecule has 0 atom stereocenters. The summed E-state index contributed by atoms with van der Waals surface area (Å²) in [4.78, 5) is 12.0. The molecule has 20 heavy (non-hydrogen) atoms. The molecule has 1 aromatic heterocycles. The first-order valence-electron chi connectivity index (χ1n) is 8.21. The fraction of sp³-hybridized carbons (Fsp3) is 0.765. The SMILES string of the molecule is CCCCCCCCCCCC(=O)n1nc(C)cc1C. The number of rotatable bonds is 10. The van der Waals surface area contributed by atoms with Crippen molar-refractivity contribution in [2.24, 2.45) is 0 Å². The average molecular weight is 278 g/mol. The minimum atomic E-state index is 0.138. The Morgan fingerprint density at radius 1 is 1.00 bits per heavy atom. The van der Waals surface area contributed by atoms with E-state index in [-0.39, 0.29) is 5.91 Å². The summed E-state index contributed by atoms with van der Waals surface area (Å²) in [6, 6.07) is 1.95. The first-order chi connectivity index (χ1) is 9.65. The Morgan fingerprint density at radius 2 is 1.55 bits per heavy atom. The topological polar surface area (TPSA) is 34.9 Å². The molecule has 0 amide bonds. The maximum Gasteiger partial charge on any atom is 0.247 e. The lowest BCUT2D eigenvalue weighted by molar-refractivity contribution is 0.0880. The number of carbonyl (C=O) groups excluding carboxylic acids is 1. The number of nitrogens with zero attached hydrogens (tertiary/aromatic N) is 2. The smallest absolute Gasteiger partial charge is 0.247 e. The fourth-order valence-electron chi connectivity index (χ4n) is 2.57. The second-order valence-electron chi connectivity index (χ2n) is 5.81. The van der Waals surface area contributed by atoms with Gasteiger partial charge in [-0.25, -0.2) is 4.68 Å². The molecule has 0 aliphatic heterocycles. The molecule has 0 saturated heterocycles. The normalized spacial score (nSPS) is 10.9. The molecule has 3 nitrogen and oxygen atoms in total. The van der Waals surface area contributed by atoms with Crippen LogP contribution in [0.25, 0.3) is 0 Å². The lowest BCUT2D eigenvalue weighted by Crippen LogP contribution is -2.13. The van der Waals surface area contributed by atoms with E-state index < -0.39 is 0 Å². The zero-order valence-electron chi connectivity index (χ0n) is 13.5. The molecule has 1 aromatic rings. The van der Waals surface area contributed by atoms with Crippen LogP contribution in [0, 0.1) is 13.8 Å². The van der Waals surface area contributed by atoms with Crippen LogP contribution in [0.4, 0.5) is 0 Å². The van der Waals surface area contributed by atoms with Crippen molar-refractivity contribution in [2.45, 2.75) is 85.0 Å². The number of aryl methyl sites for hydroxylation is 2. The van der Waals surface area contributed by atoms with Crippen LogP contribution in [0.15, 0.2) is 6.07 Å². The number of hydrogen-bond acceptors (Lipinski definition) is 2. The van der Waals surface area contributed by atoms with Crippen LogP contribution < -0.4 is 0 Å². The van der Waals surface area contributed by atoms with E-state index >= 15 is 0 Å². The van der Waals surface area contributed by atoms with Gasteiger partial charge in [0, 0.05) is 12.1 Å². The van der Waals surface area contributed by atoms with Gasteiger partial charge in [-0.05, 0) is 26.3 Å². The zero-order chi connectivity index (χ0) is 14.8. The molecule has 0 spiro atoms. The molecule has 0 aliphatic carbocycles. The Hall–Kier alpha value is -1.12. The molecule has 1 heterocycles. The van der Waals surface area contributed by atoms with E-state index in [4.69, 9.17) is 0 Å². The summed E-state index contributed by atoms with van der Waals surface area (Å²) < 4.78 is 1.56. The van der Waals surface area contributed by atoms with Gasteiger partial charge in [-0.1, -0.05) is 58.3 Å². The standard InChI is InChI=1S/C17H30N2O/c1-4-5-6-7-8-9-10-11-12-13-17(20)19-16(3)14-15(2)18-19/h14H,4-13H2,1-3H3. The Labute approximate surface area is 123 Å². The molecule has 0 N–H and O–H groups in total. The highest BCUT2D eigenvalue weighted by Crippen LogP contribution is 2.11. The minimum Gasteiger partial charge on any atom is -0.273 e. The molecule has 0 radical (unpaired) electrons. The van der Waals surface area contributed by atoms with E-state index in [9.17, 15) is 4.79 Å². The van der Waals surface area contributed by atoms with E-state index in [1.807, 2.05) is 19.9 Å². The van der Waals surface area contributed by atoms with Crippen molar-refractivity contribution in [3.05, 3.63) is 17.5 Å². The van der Waals surface area contributed by atoms with Gasteiger partial charge < -0.3 is 0 Å². The van der Waals surface area contributed by atoms with Crippen molar-refractivity contribution in [1.29, 1.82) is 0 Å². The van der Waals surface area contributed by atoms with E-state index in [0.29, 0.717) is 6.42 Å². The number of hydrogen-bond donors (Lipinski definition) is 0. The highest BCUT2D eigenvalue weighted by atomic mass is 16.2. The van der Waals surface area contributed by atoms with E-state index in [1.165, 1.54) is 51.4 Å². The summed E-state index contributed by atoms with van der Waals surface area (Å²) in [5.74, 6) is 0.138. The van der Waals surface area contributed by atoms with Gasteiger partial charge in [0.15, 0.2) is 0 Å². The first-order valence-corrected chi connectivity index (χ1v) is 8.21. The molecule has 0 aromatic carbocycles. The van der Waals surface area contributed by atoms with E-state index in [2.05, 4.69) is 12.0 Å². The van der Waals surface area contributed by atoms with Gasteiger partial charge in [0.2, 0.25) is 5.91 Å². The van der Waals surface area contributed by atoms with E-state index in [1.54, 1.807) is 4.68 Å². The van der Waals surface area contributed by atoms with Crippen molar-refractivity contribution in [3.8, 4) is 0 Å². The van der Waals surface area contributed by atoms with Crippen LogP contribution in [-0.2, 0) is 0 Å². The second-order valence-corrected chi connectivity index (χ2v) is 5.81. The fourth-order valence-corrected chi connectivity index (χ4v) is 2.57. The lowest BCUT2D eigenvalue weighted by Gasteiger charge is -2.04. The molecule has 1 rings (SSSR count). The Kier molecular flexibility index (Phi) is 8.24. The van der Waals surface area contributed by atoms with E-state index in [0.717, 1.165) is 17.8 Å². The van der Waals surface area contributed by atoms with Crippen LogP contribution in [0.5, 0.6) is 0 Å². The largest absolute Gasteiger partial charge is 0.273 e. The van der Waals surface area contributed by atoms with Gasteiger partial charge in [0.25, 0.3) is 0 Å². The third kappa shape index (κ3) is 6.36. The van der Waals surface area contributed by atoms with Crippen LogP contribution in [-0.4, -0.2) is 15.7 Å². The zero-order valence-corrected chi connectivity index (χ0v) is 13.5. The van der Waals surface area contributed by atoms with Crippen molar-refractivity contribution < 1.29 is 4.79 Å². The summed E-state index contributed by atoms with van der Waals surface area (Å²) in [5, 5.41) is 4.23. The summed E-state index contributed by atoms with van der Waals surface area (Å²) in [6.07, 6.45) is 12.2. The van der Waals surface area contributed by atoms with Gasteiger partial charge in [-0.15, -0.1) is 0 Å². The predicted molar refractivity (Wildman–Crippen MR) is 84.2 cm³/mol. The van der Waals surface area contributed by atoms with Gasteiger partial charge in [-0.3, -0.25) is 4.79 Å². The lowest BCUT2D eigenvalue weighted by atomic mass is 10.1. The van der Waals surface area contributed by atoms with Crippen molar-refractivity contribution in [2.75, 3.05) is 0 Å². The van der Waals surface area contributed by atoms with Crippen LogP contribution in [0.1, 0.15) is 87.3 Å². The Bertz CT molecular complexity index is 396. The number of unbranched alkanes of at least 4 members (excludes halogenated alkanes) is 8. The van der Waals surface area contributed by atoms with Crippen LogP contribution in [0.2, 0.25) is 0 Å². The van der Waals surface area contributed by atoms with Gasteiger partial charge >= 0.3 is 0 Å². The molecule has 114 valence electrons. The van der Waals surface area contributed by atoms with Crippen LogP contribution in [0.3, 0.4) is 0 Å². The highest BCUT2D eigenvalue weighted by molar-refractivity contribution is 5.78. The minimum absolute atomic E-state index is 0.138. The van der Waals surface area contributed by atoms with Gasteiger partial charge in [0.1, 0.15) is 0 Å². The Morgan fingerprint density at radius 3 is 2.05 bits per heavy atom. The van der Waals surface area contributed by atoms with Crippen LogP contribution >= 0.6 is 0 Å². The Balaban J connectivity index is 2.04.